The number of unbranched alkanes of at least 4 members (excludes halogenated alkanes) is 30. The van der Waals surface area contributed by atoms with E-state index < -0.39 is 15.9 Å². The van der Waals surface area contributed by atoms with E-state index in [1.165, 1.54) is 173 Å². The SMILES string of the molecule is CCCCCCCCCCCCCCCCCCO[PH](=O)O.CCCCCCCCCCCCCCCCCCP(=O)(O)O. The predicted octanol–water partition coefficient (Wildman–Crippen LogP) is 13.1. The molecule has 44 heavy (non-hydrogen) atoms. The second kappa shape index (κ2) is 39.5. The molecule has 0 aliphatic carbocycles. The van der Waals surface area contributed by atoms with Gasteiger partial charge in [0.1, 0.15) is 0 Å². The minimum Gasteiger partial charge on any atom is -0.326 e. The molecule has 0 saturated carbocycles. The van der Waals surface area contributed by atoms with Gasteiger partial charge in [-0.15, -0.1) is 0 Å². The molecule has 1 unspecified atom stereocenters. The summed E-state index contributed by atoms with van der Waals surface area (Å²) in [5.74, 6) is 0. The molecule has 0 fully saturated rings. The van der Waals surface area contributed by atoms with Gasteiger partial charge < -0.3 is 19.2 Å². The lowest BCUT2D eigenvalue weighted by Gasteiger charge is -2.04. The highest BCUT2D eigenvalue weighted by Crippen LogP contribution is 2.35. The summed E-state index contributed by atoms with van der Waals surface area (Å²) in [6.07, 6.45) is 42.1. The fraction of sp³-hybridized carbons (Fsp3) is 1.00. The van der Waals surface area contributed by atoms with Crippen molar-refractivity contribution in [3.05, 3.63) is 0 Å². The maximum absolute atomic E-state index is 10.7. The van der Waals surface area contributed by atoms with Crippen molar-refractivity contribution < 1.29 is 28.3 Å². The summed E-state index contributed by atoms with van der Waals surface area (Å²) in [4.78, 5) is 26.0. The van der Waals surface area contributed by atoms with Gasteiger partial charge in [0, 0.05) is 6.16 Å². The van der Waals surface area contributed by atoms with Crippen LogP contribution in [0.1, 0.15) is 219 Å². The zero-order valence-electron chi connectivity index (χ0n) is 29.6. The van der Waals surface area contributed by atoms with Gasteiger partial charge in [0.05, 0.1) is 6.61 Å². The molecule has 0 spiro atoms. The van der Waals surface area contributed by atoms with E-state index in [1.54, 1.807) is 0 Å². The van der Waals surface area contributed by atoms with Crippen LogP contribution in [0, 0.1) is 0 Å². The van der Waals surface area contributed by atoms with Crippen molar-refractivity contribution in [2.24, 2.45) is 0 Å². The Morgan fingerprint density at radius 2 is 0.659 bits per heavy atom. The molecule has 8 heteroatoms. The van der Waals surface area contributed by atoms with E-state index in [4.69, 9.17) is 14.7 Å². The van der Waals surface area contributed by atoms with Gasteiger partial charge in [0.15, 0.2) is 0 Å². The minimum atomic E-state index is -3.75. The first-order valence-electron chi connectivity index (χ1n) is 19.2. The molecule has 3 N–H and O–H groups in total. The summed E-state index contributed by atoms with van der Waals surface area (Å²) in [5, 5.41) is 0. The van der Waals surface area contributed by atoms with E-state index in [9.17, 15) is 9.13 Å². The van der Waals surface area contributed by atoms with Crippen LogP contribution >= 0.6 is 15.9 Å². The third kappa shape index (κ3) is 49.2. The van der Waals surface area contributed by atoms with Crippen molar-refractivity contribution in [3.63, 3.8) is 0 Å². The fourth-order valence-electron chi connectivity index (χ4n) is 5.68. The first-order chi connectivity index (χ1) is 21.3. The molecule has 0 rings (SSSR count). The van der Waals surface area contributed by atoms with Crippen molar-refractivity contribution >= 4 is 15.9 Å². The molecule has 0 aliphatic rings. The lowest BCUT2D eigenvalue weighted by Crippen LogP contribution is -1.88. The highest BCUT2D eigenvalue weighted by molar-refractivity contribution is 7.51. The van der Waals surface area contributed by atoms with Gasteiger partial charge >= 0.3 is 15.9 Å². The van der Waals surface area contributed by atoms with Crippen LogP contribution in [0.15, 0.2) is 0 Å². The van der Waals surface area contributed by atoms with E-state index in [0.29, 0.717) is 13.0 Å². The van der Waals surface area contributed by atoms with Crippen LogP contribution in [-0.2, 0) is 13.7 Å². The maximum Gasteiger partial charge on any atom is 0.325 e. The Bertz CT molecular complexity index is 599. The highest BCUT2D eigenvalue weighted by Gasteiger charge is 2.10. The van der Waals surface area contributed by atoms with E-state index >= 15 is 0 Å². The predicted molar refractivity (Wildman–Crippen MR) is 193 cm³/mol. The van der Waals surface area contributed by atoms with Crippen molar-refractivity contribution in [3.8, 4) is 0 Å². The first kappa shape index (κ1) is 46.4. The zero-order valence-corrected chi connectivity index (χ0v) is 31.4. The largest absolute Gasteiger partial charge is 0.326 e. The second-order valence-electron chi connectivity index (χ2n) is 13.1. The van der Waals surface area contributed by atoms with Gasteiger partial charge in [0.2, 0.25) is 0 Å². The lowest BCUT2D eigenvalue weighted by atomic mass is 10.0. The Morgan fingerprint density at radius 3 is 0.886 bits per heavy atom. The first-order valence-corrected chi connectivity index (χ1v) is 22.3. The Hall–Kier alpha value is 0.300. The molecule has 0 saturated heterocycles. The van der Waals surface area contributed by atoms with Gasteiger partial charge in [-0.1, -0.05) is 206 Å². The minimum absolute atomic E-state index is 0.0610. The van der Waals surface area contributed by atoms with Gasteiger partial charge in [-0.05, 0) is 12.8 Å². The average molecular weight is 669 g/mol. The van der Waals surface area contributed by atoms with Crippen LogP contribution in [0.2, 0.25) is 0 Å². The molecule has 0 radical (unpaired) electrons. The third-order valence-electron chi connectivity index (χ3n) is 8.53. The molecule has 0 amide bonds. The topological polar surface area (TPSA) is 104 Å². The Balaban J connectivity index is 0. The summed E-state index contributed by atoms with van der Waals surface area (Å²) in [7, 11) is -6.46. The molecule has 0 aliphatic heterocycles. The fourth-order valence-corrected chi connectivity index (χ4v) is 6.63. The summed E-state index contributed by atoms with van der Waals surface area (Å²) in [5.41, 5.74) is 0. The van der Waals surface area contributed by atoms with E-state index in [2.05, 4.69) is 18.4 Å². The summed E-state index contributed by atoms with van der Waals surface area (Å²) >= 11 is 0. The van der Waals surface area contributed by atoms with Crippen LogP contribution in [0.4, 0.5) is 0 Å². The molecule has 268 valence electrons. The van der Waals surface area contributed by atoms with Crippen LogP contribution in [-0.4, -0.2) is 27.4 Å². The molecule has 0 aromatic carbocycles. The van der Waals surface area contributed by atoms with Gasteiger partial charge in [-0.2, -0.15) is 0 Å². The standard InChI is InChI=1S/2C18H39O3P/c1-2-3-4-5-6-7-8-9-10-11-12-13-14-15-16-17-18-22(19,20)21;1-2-3-4-5-6-7-8-9-10-11-12-13-14-15-16-17-18-21-22(19)20/h2-18H2,1H3,(H2,19,20,21);22H,2-18H2,1H3,(H,19,20). The summed E-state index contributed by atoms with van der Waals surface area (Å²) in [6.45, 7) is 4.98. The number of rotatable bonds is 35. The zero-order chi connectivity index (χ0) is 32.8. The van der Waals surface area contributed by atoms with E-state index in [1.807, 2.05) is 0 Å². The Morgan fingerprint density at radius 1 is 0.432 bits per heavy atom. The summed E-state index contributed by atoms with van der Waals surface area (Å²) in [6, 6.07) is 0. The maximum atomic E-state index is 10.7. The third-order valence-corrected chi connectivity index (χ3v) is 9.88. The van der Waals surface area contributed by atoms with E-state index in [-0.39, 0.29) is 6.16 Å². The monoisotopic (exact) mass is 669 g/mol. The molecular formula is C36H78O6P2. The average Bonchev–Trinajstić information content (AvgIpc) is 2.98. The van der Waals surface area contributed by atoms with Gasteiger partial charge in [0.25, 0.3) is 0 Å². The smallest absolute Gasteiger partial charge is 0.325 e. The Kier molecular flexibility index (Phi) is 41.6. The number of hydrogen-bond acceptors (Lipinski definition) is 3. The number of hydrogen-bond donors (Lipinski definition) is 3. The normalized spacial score (nSPS) is 12.3. The van der Waals surface area contributed by atoms with Crippen LogP contribution in [0.3, 0.4) is 0 Å². The molecule has 0 aromatic rings. The lowest BCUT2D eigenvalue weighted by molar-refractivity contribution is 0.273. The highest BCUT2D eigenvalue weighted by atomic mass is 31.2. The van der Waals surface area contributed by atoms with Gasteiger partial charge in [-0.25, -0.2) is 0 Å². The molecular weight excluding hydrogens is 590 g/mol. The van der Waals surface area contributed by atoms with Crippen molar-refractivity contribution in [2.45, 2.75) is 219 Å². The molecule has 0 aromatic heterocycles. The van der Waals surface area contributed by atoms with Crippen LogP contribution in [0.5, 0.6) is 0 Å². The van der Waals surface area contributed by atoms with Crippen LogP contribution in [0.25, 0.3) is 0 Å². The molecule has 6 nitrogen and oxygen atoms in total. The quantitative estimate of drug-likeness (QED) is 0.0458. The second-order valence-corrected chi connectivity index (χ2v) is 15.7. The molecule has 0 heterocycles. The van der Waals surface area contributed by atoms with Crippen LogP contribution < -0.4 is 0 Å². The Labute approximate surface area is 275 Å². The summed E-state index contributed by atoms with van der Waals surface area (Å²) < 4.78 is 25.7. The molecule has 0 bridgehead atoms. The van der Waals surface area contributed by atoms with Crippen molar-refractivity contribution in [1.29, 1.82) is 0 Å². The van der Waals surface area contributed by atoms with Crippen molar-refractivity contribution in [2.75, 3.05) is 12.8 Å². The van der Waals surface area contributed by atoms with E-state index in [0.717, 1.165) is 25.7 Å². The van der Waals surface area contributed by atoms with Gasteiger partial charge in [-0.3, -0.25) is 9.13 Å². The molecule has 1 atom stereocenters. The van der Waals surface area contributed by atoms with Crippen molar-refractivity contribution in [1.82, 2.24) is 0 Å².